The molecule has 1 N–H and O–H groups in total. The third-order valence-corrected chi connectivity index (χ3v) is 4.56. The molecule has 2 aromatic rings. The quantitative estimate of drug-likeness (QED) is 0.875. The topological polar surface area (TPSA) is 42.0 Å². The first-order valence-electron chi connectivity index (χ1n) is 7.16. The Morgan fingerprint density at radius 1 is 1.29 bits per heavy atom. The SMILES string of the molecule is CSc1ccc(NC(=O)C2CCCc3ccccc32)cn1. The minimum absolute atomic E-state index is 0.0461. The largest absolute Gasteiger partial charge is 0.324 e. The number of hydrogen-bond donors (Lipinski definition) is 1. The van der Waals surface area contributed by atoms with Crippen LogP contribution in [0.25, 0.3) is 0 Å². The summed E-state index contributed by atoms with van der Waals surface area (Å²) in [5.74, 6) is 0.0241. The van der Waals surface area contributed by atoms with Crippen LogP contribution in [0.15, 0.2) is 47.6 Å². The van der Waals surface area contributed by atoms with E-state index < -0.39 is 0 Å². The fourth-order valence-electron chi connectivity index (χ4n) is 2.83. The van der Waals surface area contributed by atoms with E-state index in [0.717, 1.165) is 30.0 Å². The monoisotopic (exact) mass is 298 g/mol. The number of aryl methyl sites for hydroxylation is 1. The number of aromatic nitrogens is 1. The molecule has 1 aromatic heterocycles. The van der Waals surface area contributed by atoms with E-state index in [1.54, 1.807) is 18.0 Å². The van der Waals surface area contributed by atoms with Crippen molar-refractivity contribution in [3.8, 4) is 0 Å². The third kappa shape index (κ3) is 3.10. The summed E-state index contributed by atoms with van der Waals surface area (Å²) in [5.41, 5.74) is 3.25. The maximum absolute atomic E-state index is 12.5. The third-order valence-electron chi connectivity index (χ3n) is 3.90. The molecule has 1 aliphatic rings. The van der Waals surface area contributed by atoms with E-state index in [1.165, 1.54) is 11.1 Å². The second kappa shape index (κ2) is 6.31. The number of carbonyl (C=O) groups excluding carboxylic acids is 1. The van der Waals surface area contributed by atoms with Crippen LogP contribution in [-0.4, -0.2) is 17.1 Å². The molecule has 108 valence electrons. The fourth-order valence-corrected chi connectivity index (χ4v) is 3.19. The first-order chi connectivity index (χ1) is 10.3. The number of anilines is 1. The Hall–Kier alpha value is -1.81. The van der Waals surface area contributed by atoms with Gasteiger partial charge in [-0.25, -0.2) is 4.98 Å². The number of carbonyl (C=O) groups is 1. The summed E-state index contributed by atoms with van der Waals surface area (Å²) >= 11 is 1.59. The average Bonchev–Trinajstić information content (AvgIpc) is 2.55. The highest BCUT2D eigenvalue weighted by molar-refractivity contribution is 7.98. The molecule has 0 bridgehead atoms. The van der Waals surface area contributed by atoms with Crippen molar-refractivity contribution in [2.75, 3.05) is 11.6 Å². The van der Waals surface area contributed by atoms with Gasteiger partial charge >= 0.3 is 0 Å². The van der Waals surface area contributed by atoms with Crippen LogP contribution in [0.1, 0.15) is 29.9 Å². The van der Waals surface area contributed by atoms with E-state index in [9.17, 15) is 4.79 Å². The fraction of sp³-hybridized carbons (Fsp3) is 0.294. The zero-order valence-electron chi connectivity index (χ0n) is 12.0. The number of thioether (sulfide) groups is 1. The van der Waals surface area contributed by atoms with Crippen LogP contribution in [0.4, 0.5) is 5.69 Å². The highest BCUT2D eigenvalue weighted by atomic mass is 32.2. The molecule has 21 heavy (non-hydrogen) atoms. The van der Waals surface area contributed by atoms with E-state index in [4.69, 9.17) is 0 Å². The molecule has 3 nitrogen and oxygen atoms in total. The Morgan fingerprint density at radius 2 is 2.14 bits per heavy atom. The number of rotatable bonds is 3. The molecule has 1 amide bonds. The smallest absolute Gasteiger partial charge is 0.231 e. The molecule has 1 atom stereocenters. The molecule has 0 radical (unpaired) electrons. The van der Waals surface area contributed by atoms with Crippen LogP contribution in [-0.2, 0) is 11.2 Å². The molecule has 1 unspecified atom stereocenters. The first kappa shape index (κ1) is 14.1. The van der Waals surface area contributed by atoms with Gasteiger partial charge in [0.2, 0.25) is 5.91 Å². The Morgan fingerprint density at radius 3 is 2.90 bits per heavy atom. The molecule has 0 saturated heterocycles. The first-order valence-corrected chi connectivity index (χ1v) is 8.39. The van der Waals surface area contributed by atoms with Crippen molar-refractivity contribution in [3.05, 3.63) is 53.7 Å². The van der Waals surface area contributed by atoms with Crippen LogP contribution < -0.4 is 5.32 Å². The van der Waals surface area contributed by atoms with E-state index in [-0.39, 0.29) is 11.8 Å². The summed E-state index contributed by atoms with van der Waals surface area (Å²) < 4.78 is 0. The minimum atomic E-state index is -0.0461. The van der Waals surface area contributed by atoms with Crippen LogP contribution in [0.5, 0.6) is 0 Å². The van der Waals surface area contributed by atoms with E-state index in [2.05, 4.69) is 22.4 Å². The maximum atomic E-state index is 12.5. The predicted octanol–water partition coefficient (Wildman–Crippen LogP) is 3.86. The number of nitrogens with one attached hydrogen (secondary N) is 1. The van der Waals surface area contributed by atoms with Gasteiger partial charge in [0.25, 0.3) is 0 Å². The number of fused-ring (bicyclic) bond motifs is 1. The van der Waals surface area contributed by atoms with Crippen molar-refractivity contribution in [3.63, 3.8) is 0 Å². The zero-order valence-corrected chi connectivity index (χ0v) is 12.8. The van der Waals surface area contributed by atoms with Gasteiger partial charge in [-0.2, -0.15) is 0 Å². The molecule has 0 aliphatic heterocycles. The van der Waals surface area contributed by atoms with E-state index in [1.807, 2.05) is 30.5 Å². The molecule has 1 heterocycles. The molecule has 1 aromatic carbocycles. The minimum Gasteiger partial charge on any atom is -0.324 e. The van der Waals surface area contributed by atoms with Gasteiger partial charge in [-0.05, 0) is 48.8 Å². The number of pyridine rings is 1. The molecular weight excluding hydrogens is 280 g/mol. The van der Waals surface area contributed by atoms with Gasteiger partial charge in [-0.1, -0.05) is 24.3 Å². The Balaban J connectivity index is 1.76. The number of nitrogens with zero attached hydrogens (tertiary/aromatic N) is 1. The van der Waals surface area contributed by atoms with Crippen LogP contribution in [0, 0.1) is 0 Å². The van der Waals surface area contributed by atoms with E-state index >= 15 is 0 Å². The lowest BCUT2D eigenvalue weighted by Gasteiger charge is -2.24. The second-order valence-electron chi connectivity index (χ2n) is 5.22. The van der Waals surface area contributed by atoms with Gasteiger partial charge in [0, 0.05) is 0 Å². The van der Waals surface area contributed by atoms with Crippen molar-refractivity contribution >= 4 is 23.4 Å². The second-order valence-corrected chi connectivity index (χ2v) is 6.05. The summed E-state index contributed by atoms with van der Waals surface area (Å²) in [6, 6.07) is 12.1. The maximum Gasteiger partial charge on any atom is 0.231 e. The zero-order chi connectivity index (χ0) is 14.7. The van der Waals surface area contributed by atoms with Crippen LogP contribution >= 0.6 is 11.8 Å². The molecule has 3 rings (SSSR count). The van der Waals surface area contributed by atoms with E-state index in [0.29, 0.717) is 0 Å². The highest BCUT2D eigenvalue weighted by Gasteiger charge is 2.26. The average molecular weight is 298 g/mol. The molecule has 1 aliphatic carbocycles. The molecule has 0 spiro atoms. The standard InChI is InChI=1S/C17H18N2OS/c1-21-16-10-9-13(11-18-16)19-17(20)15-8-4-6-12-5-2-3-7-14(12)15/h2-3,5,7,9-11,15H,4,6,8H2,1H3,(H,19,20). The predicted molar refractivity (Wildman–Crippen MR) is 86.8 cm³/mol. The van der Waals surface area contributed by atoms with Gasteiger partial charge in [-0.15, -0.1) is 11.8 Å². The van der Waals surface area contributed by atoms with Crippen molar-refractivity contribution in [2.45, 2.75) is 30.2 Å². The highest BCUT2D eigenvalue weighted by Crippen LogP contribution is 2.32. The van der Waals surface area contributed by atoms with Gasteiger partial charge in [-0.3, -0.25) is 4.79 Å². The van der Waals surface area contributed by atoms with Crippen molar-refractivity contribution < 1.29 is 4.79 Å². The molecule has 0 saturated carbocycles. The summed E-state index contributed by atoms with van der Waals surface area (Å²) in [5, 5.41) is 3.95. The van der Waals surface area contributed by atoms with Crippen molar-refractivity contribution in [2.24, 2.45) is 0 Å². The van der Waals surface area contributed by atoms with Gasteiger partial charge in [0.15, 0.2) is 0 Å². The Labute approximate surface area is 129 Å². The summed E-state index contributed by atoms with van der Waals surface area (Å²) in [4.78, 5) is 16.8. The van der Waals surface area contributed by atoms with Crippen molar-refractivity contribution in [1.82, 2.24) is 4.98 Å². The lowest BCUT2D eigenvalue weighted by Crippen LogP contribution is -2.24. The normalized spacial score (nSPS) is 17.1. The van der Waals surface area contributed by atoms with Gasteiger partial charge in [0.1, 0.15) is 0 Å². The summed E-state index contributed by atoms with van der Waals surface area (Å²) in [7, 11) is 0. The van der Waals surface area contributed by atoms with Gasteiger partial charge < -0.3 is 5.32 Å². The number of amides is 1. The van der Waals surface area contributed by atoms with Crippen molar-refractivity contribution in [1.29, 1.82) is 0 Å². The lowest BCUT2D eigenvalue weighted by atomic mass is 9.82. The Bertz CT molecular complexity index is 639. The molecule has 4 heteroatoms. The summed E-state index contributed by atoms with van der Waals surface area (Å²) in [6.45, 7) is 0. The summed E-state index contributed by atoms with van der Waals surface area (Å²) in [6.07, 6.45) is 6.76. The van der Waals surface area contributed by atoms with Gasteiger partial charge in [0.05, 0.1) is 22.8 Å². The Kier molecular flexibility index (Phi) is 4.25. The number of hydrogen-bond acceptors (Lipinski definition) is 3. The number of benzene rings is 1. The van der Waals surface area contributed by atoms with Crippen LogP contribution in [0.3, 0.4) is 0 Å². The molecule has 0 fully saturated rings. The van der Waals surface area contributed by atoms with Crippen LogP contribution in [0.2, 0.25) is 0 Å². The molecular formula is C17H18N2OS. The lowest BCUT2D eigenvalue weighted by molar-refractivity contribution is -0.117.